The van der Waals surface area contributed by atoms with E-state index < -0.39 is 23.3 Å². The number of piperidine rings is 1. The largest absolute Gasteiger partial charge is 0.395 e. The molecule has 3 heterocycles. The Hall–Kier alpha value is -3.40. The van der Waals surface area contributed by atoms with Gasteiger partial charge in [-0.25, -0.2) is 5.01 Å². The molecule has 3 aliphatic rings. The number of fused-ring (bicyclic) bond motifs is 3. The number of aliphatic hydroxyl groups is 1. The number of hydrogen-bond acceptors (Lipinski definition) is 6. The predicted molar refractivity (Wildman–Crippen MR) is 150 cm³/mol. The second-order valence-electron chi connectivity index (χ2n) is 9.91. The molecule has 9 nitrogen and oxygen atoms in total. The van der Waals surface area contributed by atoms with Crippen molar-refractivity contribution in [1.82, 2.24) is 15.2 Å². The van der Waals surface area contributed by atoms with Gasteiger partial charge in [-0.05, 0) is 41.8 Å². The smallest absolute Gasteiger partial charge is 0.262 e. The Morgan fingerprint density at radius 3 is 2.72 bits per heavy atom. The first-order chi connectivity index (χ1) is 18.7. The summed E-state index contributed by atoms with van der Waals surface area (Å²) in [4.78, 5) is 41.7. The van der Waals surface area contributed by atoms with Gasteiger partial charge >= 0.3 is 0 Å². The number of nitrogens with one attached hydrogen (secondary N) is 2. The molecular formula is C28H29Cl2N5O4. The molecule has 1 fully saturated rings. The van der Waals surface area contributed by atoms with Crippen molar-refractivity contribution in [2.24, 2.45) is 5.10 Å². The predicted octanol–water partition coefficient (Wildman–Crippen LogP) is 3.27. The molecular weight excluding hydrogens is 541 g/mol. The van der Waals surface area contributed by atoms with Crippen molar-refractivity contribution >= 4 is 52.4 Å². The summed E-state index contributed by atoms with van der Waals surface area (Å²) in [5, 5.41) is 21.4. The van der Waals surface area contributed by atoms with E-state index in [0.717, 1.165) is 21.7 Å². The molecule has 0 saturated carbocycles. The fraction of sp³-hybridized carbons (Fsp3) is 0.357. The number of amidine groups is 1. The van der Waals surface area contributed by atoms with Gasteiger partial charge in [-0.1, -0.05) is 60.5 Å². The number of hydrazone groups is 1. The van der Waals surface area contributed by atoms with Crippen LogP contribution in [0.25, 0.3) is 0 Å². The lowest BCUT2D eigenvalue weighted by atomic mass is 9.58. The van der Waals surface area contributed by atoms with Gasteiger partial charge in [0.1, 0.15) is 24.3 Å². The fourth-order valence-corrected chi connectivity index (χ4v) is 6.42. The molecule has 1 saturated heterocycles. The molecule has 2 aromatic carbocycles. The van der Waals surface area contributed by atoms with E-state index in [9.17, 15) is 14.4 Å². The molecule has 3 N–H and O–H groups in total. The van der Waals surface area contributed by atoms with E-state index in [1.807, 2.05) is 36.1 Å². The summed E-state index contributed by atoms with van der Waals surface area (Å²) in [6.45, 7) is 5.86. The Morgan fingerprint density at radius 1 is 1.23 bits per heavy atom. The minimum Gasteiger partial charge on any atom is -0.395 e. The number of amides is 3. The van der Waals surface area contributed by atoms with Gasteiger partial charge in [0.25, 0.3) is 5.91 Å². The van der Waals surface area contributed by atoms with Crippen molar-refractivity contribution in [2.45, 2.75) is 37.1 Å². The number of rotatable bonds is 7. The van der Waals surface area contributed by atoms with Crippen LogP contribution >= 0.6 is 23.2 Å². The molecule has 0 bridgehead atoms. The van der Waals surface area contributed by atoms with Crippen molar-refractivity contribution in [3.05, 3.63) is 75.8 Å². The van der Waals surface area contributed by atoms with Crippen LogP contribution in [0.2, 0.25) is 10.0 Å². The number of nitrogens with zero attached hydrogens (tertiary/aromatic N) is 3. The second-order valence-corrected chi connectivity index (χ2v) is 10.8. The quantitative estimate of drug-likeness (QED) is 0.443. The lowest BCUT2D eigenvalue weighted by molar-refractivity contribution is -0.139. The minimum absolute atomic E-state index is 0.0734. The molecule has 0 radical (unpaired) electrons. The van der Waals surface area contributed by atoms with Crippen LogP contribution in [0.1, 0.15) is 36.8 Å². The minimum atomic E-state index is -1.14. The number of carbonyl (C=O) groups excluding carboxylic acids is 3. The number of hydrogen-bond donors (Lipinski definition) is 3. The molecule has 0 unspecified atom stereocenters. The van der Waals surface area contributed by atoms with Crippen LogP contribution in [0.15, 0.2) is 59.7 Å². The molecule has 2 aromatic rings. The first-order valence-corrected chi connectivity index (χ1v) is 13.5. The monoisotopic (exact) mass is 569 g/mol. The number of anilines is 1. The molecule has 3 amide bonds. The molecule has 0 aliphatic carbocycles. The fourth-order valence-electron chi connectivity index (χ4n) is 6.05. The summed E-state index contributed by atoms with van der Waals surface area (Å²) in [7, 11) is 0. The molecule has 0 aromatic heterocycles. The first kappa shape index (κ1) is 27.2. The Balaban J connectivity index is 1.69. The van der Waals surface area contributed by atoms with E-state index in [0.29, 0.717) is 34.4 Å². The van der Waals surface area contributed by atoms with Crippen LogP contribution in [0.4, 0.5) is 5.69 Å². The van der Waals surface area contributed by atoms with Gasteiger partial charge in [-0.15, -0.1) is 0 Å². The van der Waals surface area contributed by atoms with E-state index >= 15 is 0 Å². The van der Waals surface area contributed by atoms with Crippen LogP contribution in [0.3, 0.4) is 0 Å². The zero-order chi connectivity index (χ0) is 27.9. The molecule has 1 spiro atoms. The third-order valence-electron chi connectivity index (χ3n) is 7.71. The Morgan fingerprint density at radius 2 is 2.00 bits per heavy atom. The molecule has 3 aliphatic heterocycles. The molecule has 3 atom stereocenters. The van der Waals surface area contributed by atoms with Gasteiger partial charge in [-0.2, -0.15) is 5.10 Å². The highest BCUT2D eigenvalue weighted by atomic mass is 35.5. The summed E-state index contributed by atoms with van der Waals surface area (Å²) in [6.07, 6.45) is 0.876. The lowest BCUT2D eigenvalue weighted by Crippen LogP contribution is -2.67. The first-order valence-electron chi connectivity index (χ1n) is 12.8. The van der Waals surface area contributed by atoms with Crippen LogP contribution in [0.5, 0.6) is 0 Å². The van der Waals surface area contributed by atoms with Crippen LogP contribution in [0, 0.1) is 0 Å². The van der Waals surface area contributed by atoms with Crippen LogP contribution in [-0.4, -0.2) is 70.9 Å². The molecule has 5 rings (SSSR count). The molecule has 204 valence electrons. The highest BCUT2D eigenvalue weighted by molar-refractivity contribution is 6.31. The van der Waals surface area contributed by atoms with E-state index in [-0.39, 0.29) is 38.1 Å². The Labute approximate surface area is 236 Å². The van der Waals surface area contributed by atoms with Crippen molar-refractivity contribution in [3.63, 3.8) is 0 Å². The average molecular weight is 570 g/mol. The standard InChI is InChI=1S/C28H29Cl2N5O4/c1-3-16(2)26-28(20-8-7-19(30)12-22(20)32-27(28)39)21(17-5-4-6-18(29)11-17)13-23-33-35(25(38)15-34(23)26)14-24(37)31-9-10-36/h4-8,11-12,21,26,36H,2-3,9-10,13-15H2,1H3,(H,31,37)(H,32,39)/t21-,26+,28-/m0/s1. The molecule has 39 heavy (non-hydrogen) atoms. The van der Waals surface area contributed by atoms with Gasteiger partial charge in [0, 0.05) is 34.6 Å². The maximum Gasteiger partial charge on any atom is 0.262 e. The molecule has 11 heteroatoms. The van der Waals surface area contributed by atoms with E-state index in [1.165, 1.54) is 0 Å². The number of carbonyl (C=O) groups is 3. The normalized spacial score (nSPS) is 23.7. The maximum absolute atomic E-state index is 14.2. The number of benzene rings is 2. The zero-order valence-corrected chi connectivity index (χ0v) is 22.9. The topological polar surface area (TPSA) is 114 Å². The van der Waals surface area contributed by atoms with Gasteiger partial charge in [-0.3, -0.25) is 14.4 Å². The van der Waals surface area contributed by atoms with Gasteiger partial charge < -0.3 is 20.6 Å². The maximum atomic E-state index is 14.2. The van der Waals surface area contributed by atoms with Crippen molar-refractivity contribution in [2.75, 3.05) is 31.6 Å². The van der Waals surface area contributed by atoms with Crippen molar-refractivity contribution < 1.29 is 19.5 Å². The van der Waals surface area contributed by atoms with Crippen LogP contribution < -0.4 is 10.6 Å². The highest BCUT2D eigenvalue weighted by Crippen LogP contribution is 2.57. The Kier molecular flexibility index (Phi) is 7.41. The summed E-state index contributed by atoms with van der Waals surface area (Å²) < 4.78 is 0. The highest BCUT2D eigenvalue weighted by Gasteiger charge is 2.63. The average Bonchev–Trinajstić information content (AvgIpc) is 3.18. The zero-order valence-electron chi connectivity index (χ0n) is 21.4. The third-order valence-corrected chi connectivity index (χ3v) is 8.18. The Bertz CT molecular complexity index is 1400. The summed E-state index contributed by atoms with van der Waals surface area (Å²) in [5.41, 5.74) is 1.88. The lowest BCUT2D eigenvalue weighted by Gasteiger charge is -2.54. The third kappa shape index (κ3) is 4.58. The second kappa shape index (κ2) is 10.6. The van der Waals surface area contributed by atoms with E-state index in [1.54, 1.807) is 18.2 Å². The summed E-state index contributed by atoms with van der Waals surface area (Å²) in [5.74, 6) is -0.848. The SMILES string of the molecule is C=C(CC)[C@H]1N2CC(=O)N(CC(=O)NCCO)N=C2C[C@@H](c2cccc(Cl)c2)[C@]12C(=O)Nc1cc(Cl)ccc12. The van der Waals surface area contributed by atoms with Gasteiger partial charge in [0.15, 0.2) is 0 Å². The summed E-state index contributed by atoms with van der Waals surface area (Å²) >= 11 is 12.7. The van der Waals surface area contributed by atoms with Gasteiger partial charge in [0.2, 0.25) is 11.8 Å². The summed E-state index contributed by atoms with van der Waals surface area (Å²) in [6, 6.07) is 12.2. The van der Waals surface area contributed by atoms with E-state index in [4.69, 9.17) is 28.3 Å². The van der Waals surface area contributed by atoms with Crippen LogP contribution in [-0.2, 0) is 19.8 Å². The van der Waals surface area contributed by atoms with Crippen molar-refractivity contribution in [1.29, 1.82) is 0 Å². The van der Waals surface area contributed by atoms with Gasteiger partial charge in [0.05, 0.1) is 12.6 Å². The number of aliphatic hydroxyl groups excluding tert-OH is 1. The van der Waals surface area contributed by atoms with Crippen molar-refractivity contribution in [3.8, 4) is 0 Å². The van der Waals surface area contributed by atoms with E-state index in [2.05, 4.69) is 22.3 Å². The number of halogens is 2.